The number of hydrogen-bond acceptors (Lipinski definition) is 4. The molecule has 1 amide bonds. The fourth-order valence-electron chi connectivity index (χ4n) is 2.89. The first kappa shape index (κ1) is 23.1. The average Bonchev–Trinajstić information content (AvgIpc) is 2.75. The second-order valence-corrected chi connectivity index (χ2v) is 9.42. The molecule has 0 aliphatic heterocycles. The monoisotopic (exact) mass is 478 g/mol. The van der Waals surface area contributed by atoms with Gasteiger partial charge in [0.15, 0.2) is 0 Å². The van der Waals surface area contributed by atoms with Gasteiger partial charge in [0.1, 0.15) is 5.75 Å². The third-order valence-electron chi connectivity index (χ3n) is 4.41. The molecule has 0 spiro atoms. The molecule has 6 nitrogen and oxygen atoms in total. The molecule has 0 unspecified atom stereocenters. The Morgan fingerprint density at radius 2 is 1.61 bits per heavy atom. The van der Waals surface area contributed by atoms with E-state index >= 15 is 0 Å². The molecule has 0 atom stereocenters. The Kier molecular flexibility index (Phi) is 7.56. The smallest absolute Gasteiger partial charge is 0.243 e. The quantitative estimate of drug-likeness (QED) is 0.502. The van der Waals surface area contributed by atoms with Crippen molar-refractivity contribution >= 4 is 44.8 Å². The lowest BCUT2D eigenvalue weighted by molar-refractivity contribution is -0.116. The molecule has 0 saturated heterocycles. The molecule has 0 aromatic heterocycles. The van der Waals surface area contributed by atoms with Crippen molar-refractivity contribution in [3.63, 3.8) is 0 Å². The van der Waals surface area contributed by atoms with E-state index in [1.54, 1.807) is 54.6 Å². The minimum atomic E-state index is -3.94. The predicted molar refractivity (Wildman–Crippen MR) is 122 cm³/mol. The van der Waals surface area contributed by atoms with Crippen molar-refractivity contribution in [1.29, 1.82) is 0 Å². The van der Waals surface area contributed by atoms with Crippen molar-refractivity contribution in [3.8, 4) is 5.75 Å². The third-order valence-corrected chi connectivity index (χ3v) is 6.70. The van der Waals surface area contributed by atoms with Crippen LogP contribution in [0.4, 0.5) is 5.69 Å². The molecular weight excluding hydrogens is 459 g/mol. The van der Waals surface area contributed by atoms with Crippen LogP contribution in [0.2, 0.25) is 10.0 Å². The standard InChI is InChI=1S/C22H20Cl2N2O4S/c1-30-21-12-11-18(24)13-20(21)25-22(27)15-26(14-16-7-9-17(23)10-8-16)31(28,29)19-5-3-2-4-6-19/h2-13H,14-15H2,1H3,(H,25,27). The number of carbonyl (C=O) groups excluding carboxylic acids is 1. The van der Waals surface area contributed by atoms with Gasteiger partial charge in [-0.2, -0.15) is 4.31 Å². The fourth-order valence-corrected chi connectivity index (χ4v) is 4.59. The van der Waals surface area contributed by atoms with Crippen LogP contribution in [0.3, 0.4) is 0 Å². The highest BCUT2D eigenvalue weighted by Crippen LogP contribution is 2.28. The second-order valence-electron chi connectivity index (χ2n) is 6.61. The van der Waals surface area contributed by atoms with Crippen molar-refractivity contribution in [3.05, 3.63) is 88.4 Å². The molecule has 0 aliphatic carbocycles. The fraction of sp³-hybridized carbons (Fsp3) is 0.136. The van der Waals surface area contributed by atoms with E-state index in [1.807, 2.05) is 0 Å². The maximum atomic E-state index is 13.2. The number of nitrogens with one attached hydrogen (secondary N) is 1. The summed E-state index contributed by atoms with van der Waals surface area (Å²) in [7, 11) is -2.47. The maximum Gasteiger partial charge on any atom is 0.243 e. The van der Waals surface area contributed by atoms with Crippen LogP contribution >= 0.6 is 23.2 Å². The molecule has 0 fully saturated rings. The molecule has 0 heterocycles. The molecule has 0 bridgehead atoms. The first-order chi connectivity index (χ1) is 14.8. The second kappa shape index (κ2) is 10.2. The molecular formula is C22H20Cl2N2O4S. The number of nitrogens with zero attached hydrogens (tertiary/aromatic N) is 1. The Morgan fingerprint density at radius 1 is 0.968 bits per heavy atom. The van der Waals surface area contributed by atoms with E-state index in [1.165, 1.54) is 25.3 Å². The summed E-state index contributed by atoms with van der Waals surface area (Å²) in [6.07, 6.45) is 0. The van der Waals surface area contributed by atoms with E-state index in [4.69, 9.17) is 27.9 Å². The molecule has 3 aromatic rings. The topological polar surface area (TPSA) is 75.7 Å². The Bertz CT molecular complexity index is 1150. The van der Waals surface area contributed by atoms with Gasteiger partial charge >= 0.3 is 0 Å². The number of carbonyl (C=O) groups is 1. The molecule has 9 heteroatoms. The maximum absolute atomic E-state index is 13.2. The zero-order chi connectivity index (χ0) is 22.4. The number of ether oxygens (including phenoxy) is 1. The zero-order valence-electron chi connectivity index (χ0n) is 16.6. The largest absolute Gasteiger partial charge is 0.495 e. The third kappa shape index (κ3) is 5.98. The van der Waals surface area contributed by atoms with Crippen LogP contribution in [0.1, 0.15) is 5.56 Å². The Labute approximate surface area is 191 Å². The molecule has 0 aliphatic rings. The zero-order valence-corrected chi connectivity index (χ0v) is 18.9. The van der Waals surface area contributed by atoms with Crippen LogP contribution in [-0.4, -0.2) is 32.3 Å². The lowest BCUT2D eigenvalue weighted by atomic mass is 10.2. The first-order valence-electron chi connectivity index (χ1n) is 9.22. The number of methoxy groups -OCH3 is 1. The van der Waals surface area contributed by atoms with Crippen LogP contribution in [0.5, 0.6) is 5.75 Å². The van der Waals surface area contributed by atoms with Gasteiger partial charge in [-0.3, -0.25) is 4.79 Å². The molecule has 0 radical (unpaired) electrons. The number of hydrogen-bond donors (Lipinski definition) is 1. The van der Waals surface area contributed by atoms with Gasteiger partial charge in [0.25, 0.3) is 0 Å². The minimum Gasteiger partial charge on any atom is -0.495 e. The SMILES string of the molecule is COc1ccc(Cl)cc1NC(=O)CN(Cc1ccc(Cl)cc1)S(=O)(=O)c1ccccc1. The van der Waals surface area contributed by atoms with E-state index in [0.717, 1.165) is 4.31 Å². The van der Waals surface area contributed by atoms with Crippen molar-refractivity contribution in [2.45, 2.75) is 11.4 Å². The van der Waals surface area contributed by atoms with E-state index in [9.17, 15) is 13.2 Å². The summed E-state index contributed by atoms with van der Waals surface area (Å²) >= 11 is 11.9. The summed E-state index contributed by atoms with van der Waals surface area (Å²) in [6.45, 7) is -0.413. The number of benzene rings is 3. The van der Waals surface area contributed by atoms with Gasteiger partial charge in [0, 0.05) is 16.6 Å². The lowest BCUT2D eigenvalue weighted by Crippen LogP contribution is -2.37. The van der Waals surface area contributed by atoms with Gasteiger partial charge in [-0.05, 0) is 48.0 Å². The number of halogens is 2. The summed E-state index contributed by atoms with van der Waals surface area (Å²) < 4.78 is 32.8. The van der Waals surface area contributed by atoms with Crippen molar-refractivity contribution < 1.29 is 17.9 Å². The van der Waals surface area contributed by atoms with Gasteiger partial charge in [-0.15, -0.1) is 0 Å². The number of amides is 1. The molecule has 31 heavy (non-hydrogen) atoms. The highest BCUT2D eigenvalue weighted by molar-refractivity contribution is 7.89. The van der Waals surface area contributed by atoms with Crippen LogP contribution in [-0.2, 0) is 21.4 Å². The van der Waals surface area contributed by atoms with Crippen molar-refractivity contribution in [2.75, 3.05) is 19.0 Å². The van der Waals surface area contributed by atoms with Crippen LogP contribution in [0, 0.1) is 0 Å². The van der Waals surface area contributed by atoms with Crippen LogP contribution < -0.4 is 10.1 Å². The van der Waals surface area contributed by atoms with E-state index in [-0.39, 0.29) is 11.4 Å². The summed E-state index contributed by atoms with van der Waals surface area (Å²) in [6, 6.07) is 19.5. The Morgan fingerprint density at radius 3 is 2.26 bits per heavy atom. The van der Waals surface area contributed by atoms with Gasteiger partial charge in [-0.25, -0.2) is 8.42 Å². The molecule has 1 N–H and O–H groups in total. The van der Waals surface area contributed by atoms with Crippen LogP contribution in [0.25, 0.3) is 0 Å². The average molecular weight is 479 g/mol. The summed E-state index contributed by atoms with van der Waals surface area (Å²) in [4.78, 5) is 12.9. The van der Waals surface area contributed by atoms with Gasteiger partial charge in [0.2, 0.25) is 15.9 Å². The van der Waals surface area contributed by atoms with Gasteiger partial charge in [0.05, 0.1) is 24.2 Å². The number of anilines is 1. The molecule has 0 saturated carbocycles. The van der Waals surface area contributed by atoms with Crippen molar-refractivity contribution in [1.82, 2.24) is 4.31 Å². The van der Waals surface area contributed by atoms with Gasteiger partial charge in [-0.1, -0.05) is 53.5 Å². The van der Waals surface area contributed by atoms with E-state index < -0.39 is 22.5 Å². The first-order valence-corrected chi connectivity index (χ1v) is 11.4. The highest BCUT2D eigenvalue weighted by Gasteiger charge is 2.27. The summed E-state index contributed by atoms with van der Waals surface area (Å²) in [5.41, 5.74) is 1.04. The van der Waals surface area contributed by atoms with Gasteiger partial charge < -0.3 is 10.1 Å². The minimum absolute atomic E-state index is 0.00546. The number of sulfonamides is 1. The normalized spacial score (nSPS) is 11.4. The van der Waals surface area contributed by atoms with Crippen molar-refractivity contribution in [2.24, 2.45) is 0 Å². The van der Waals surface area contributed by atoms with Crippen LogP contribution in [0.15, 0.2) is 77.7 Å². The highest BCUT2D eigenvalue weighted by atomic mass is 35.5. The lowest BCUT2D eigenvalue weighted by Gasteiger charge is -2.22. The van der Waals surface area contributed by atoms with E-state index in [0.29, 0.717) is 27.0 Å². The summed E-state index contributed by atoms with van der Waals surface area (Å²) in [5.74, 6) is -0.123. The Hall–Kier alpha value is -2.58. The number of rotatable bonds is 8. The van der Waals surface area contributed by atoms with E-state index in [2.05, 4.69) is 5.32 Å². The molecule has 162 valence electrons. The predicted octanol–water partition coefficient (Wildman–Crippen LogP) is 4.83. The molecule has 3 rings (SSSR count). The summed E-state index contributed by atoms with van der Waals surface area (Å²) in [5, 5.41) is 3.62. The molecule has 3 aromatic carbocycles. The Balaban J connectivity index is 1.88.